The molecule has 1 aromatic rings. The van der Waals surface area contributed by atoms with Crippen LogP contribution < -0.4 is 0 Å². The lowest BCUT2D eigenvalue weighted by Gasteiger charge is -2.20. The minimum absolute atomic E-state index is 0.155. The van der Waals surface area contributed by atoms with Crippen LogP contribution in [0.5, 0.6) is 0 Å². The summed E-state index contributed by atoms with van der Waals surface area (Å²) in [5.74, 6) is 0.180. The molecule has 0 spiro atoms. The van der Waals surface area contributed by atoms with Crippen molar-refractivity contribution in [3.8, 4) is 0 Å². The molecule has 0 amide bonds. The maximum atomic E-state index is 12.0. The van der Waals surface area contributed by atoms with Gasteiger partial charge in [-0.1, -0.05) is 43.2 Å². The molecule has 0 bridgehead atoms. The van der Waals surface area contributed by atoms with E-state index in [2.05, 4.69) is 11.8 Å². The predicted molar refractivity (Wildman–Crippen MR) is 78.6 cm³/mol. The summed E-state index contributed by atoms with van der Waals surface area (Å²) in [7, 11) is 0. The van der Waals surface area contributed by atoms with Crippen molar-refractivity contribution < 1.29 is 9.90 Å². The molecule has 0 atom stereocenters. The van der Waals surface area contributed by atoms with E-state index in [0.29, 0.717) is 13.0 Å². The van der Waals surface area contributed by atoms with Gasteiger partial charge in [0.15, 0.2) is 5.78 Å². The largest absolute Gasteiger partial charge is 0.395 e. The van der Waals surface area contributed by atoms with E-state index in [9.17, 15) is 4.79 Å². The number of hydrogen-bond donors (Lipinski definition) is 1. The van der Waals surface area contributed by atoms with Crippen molar-refractivity contribution in [3.63, 3.8) is 0 Å². The molecule has 1 N–H and O–H groups in total. The Hall–Kier alpha value is -1.19. The normalized spacial score (nSPS) is 10.9. The van der Waals surface area contributed by atoms with E-state index in [1.165, 1.54) is 5.56 Å². The summed E-state index contributed by atoms with van der Waals surface area (Å²) in [6.07, 6.45) is 2.76. The average molecular weight is 263 g/mol. The Bertz CT molecular complexity index is 373. The van der Waals surface area contributed by atoms with Gasteiger partial charge < -0.3 is 10.0 Å². The molecule has 0 unspecified atom stereocenters. The van der Waals surface area contributed by atoms with Crippen LogP contribution in [0.15, 0.2) is 24.3 Å². The fourth-order valence-electron chi connectivity index (χ4n) is 2.00. The highest BCUT2D eigenvalue weighted by molar-refractivity contribution is 5.96. The number of aliphatic hydroxyl groups is 1. The standard InChI is InChI=1S/C16H25NO2/c1-3-4-10-17(12-13-18)11-9-16(19)15-7-5-14(2)6-8-15/h5-8,18H,3-4,9-13H2,1-2H3. The van der Waals surface area contributed by atoms with E-state index in [-0.39, 0.29) is 12.4 Å². The molecule has 0 aliphatic rings. The second kappa shape index (κ2) is 8.83. The van der Waals surface area contributed by atoms with Gasteiger partial charge in [-0.15, -0.1) is 0 Å². The molecule has 0 saturated heterocycles. The fraction of sp³-hybridized carbons (Fsp3) is 0.562. The maximum absolute atomic E-state index is 12.0. The van der Waals surface area contributed by atoms with Gasteiger partial charge in [0.25, 0.3) is 0 Å². The van der Waals surface area contributed by atoms with E-state index in [0.717, 1.165) is 31.5 Å². The Kier molecular flexibility index (Phi) is 7.38. The summed E-state index contributed by atoms with van der Waals surface area (Å²) in [6, 6.07) is 7.71. The number of aliphatic hydroxyl groups excluding tert-OH is 1. The molecule has 0 aromatic heterocycles. The van der Waals surface area contributed by atoms with Gasteiger partial charge in [0, 0.05) is 25.1 Å². The SMILES string of the molecule is CCCCN(CCO)CCC(=O)c1ccc(C)cc1. The number of unbranched alkanes of at least 4 members (excludes halogenated alkanes) is 1. The number of benzene rings is 1. The molecule has 0 heterocycles. The quantitative estimate of drug-likeness (QED) is 0.696. The van der Waals surface area contributed by atoms with Gasteiger partial charge in [0.05, 0.1) is 6.61 Å². The lowest BCUT2D eigenvalue weighted by Crippen LogP contribution is -2.30. The number of carbonyl (C=O) groups excluding carboxylic acids is 1. The summed E-state index contributed by atoms with van der Waals surface area (Å²) in [5.41, 5.74) is 1.95. The third-order valence-electron chi connectivity index (χ3n) is 3.27. The first-order valence-corrected chi connectivity index (χ1v) is 7.10. The van der Waals surface area contributed by atoms with E-state index < -0.39 is 0 Å². The van der Waals surface area contributed by atoms with E-state index in [4.69, 9.17) is 5.11 Å². The first-order valence-electron chi connectivity index (χ1n) is 7.10. The van der Waals surface area contributed by atoms with Crippen molar-refractivity contribution in [2.24, 2.45) is 0 Å². The summed E-state index contributed by atoms with van der Waals surface area (Å²) in [5, 5.41) is 9.02. The molecule has 3 heteroatoms. The van der Waals surface area contributed by atoms with Crippen LogP contribution in [0.2, 0.25) is 0 Å². The Balaban J connectivity index is 2.44. The molecule has 0 radical (unpaired) electrons. The number of ketones is 1. The average Bonchev–Trinajstić information content (AvgIpc) is 2.42. The Labute approximate surface area is 116 Å². The highest BCUT2D eigenvalue weighted by atomic mass is 16.3. The molecule has 0 aliphatic carbocycles. The van der Waals surface area contributed by atoms with Gasteiger partial charge >= 0.3 is 0 Å². The third kappa shape index (κ3) is 5.99. The summed E-state index contributed by atoms with van der Waals surface area (Å²) >= 11 is 0. The van der Waals surface area contributed by atoms with Crippen LogP contribution in [-0.4, -0.2) is 42.0 Å². The van der Waals surface area contributed by atoms with Gasteiger partial charge in [0.2, 0.25) is 0 Å². The summed E-state index contributed by atoms with van der Waals surface area (Å²) < 4.78 is 0. The zero-order valence-electron chi connectivity index (χ0n) is 12.1. The third-order valence-corrected chi connectivity index (χ3v) is 3.27. The number of carbonyl (C=O) groups is 1. The monoisotopic (exact) mass is 263 g/mol. The molecule has 19 heavy (non-hydrogen) atoms. The number of Topliss-reactive ketones (excluding diaryl/α,β-unsaturated/α-hetero) is 1. The van der Waals surface area contributed by atoms with Crippen molar-refractivity contribution >= 4 is 5.78 Å². The second-order valence-electron chi connectivity index (χ2n) is 4.96. The van der Waals surface area contributed by atoms with Crippen LogP contribution >= 0.6 is 0 Å². The molecule has 3 nitrogen and oxygen atoms in total. The van der Waals surface area contributed by atoms with Crippen molar-refractivity contribution in [2.75, 3.05) is 26.2 Å². The number of aryl methyl sites for hydroxylation is 1. The number of nitrogens with zero attached hydrogens (tertiary/aromatic N) is 1. The van der Waals surface area contributed by atoms with E-state index in [1.807, 2.05) is 31.2 Å². The van der Waals surface area contributed by atoms with E-state index in [1.54, 1.807) is 0 Å². The predicted octanol–water partition coefficient (Wildman–Crippen LogP) is 2.66. The first-order chi connectivity index (χ1) is 9.17. The van der Waals surface area contributed by atoms with Gasteiger partial charge in [0.1, 0.15) is 0 Å². The van der Waals surface area contributed by atoms with Crippen molar-refractivity contribution in [1.82, 2.24) is 4.90 Å². The van der Waals surface area contributed by atoms with Crippen molar-refractivity contribution in [3.05, 3.63) is 35.4 Å². The van der Waals surface area contributed by atoms with Gasteiger partial charge in [-0.3, -0.25) is 4.79 Å². The Morgan fingerprint density at radius 3 is 2.42 bits per heavy atom. The van der Waals surface area contributed by atoms with Crippen LogP contribution in [-0.2, 0) is 0 Å². The van der Waals surface area contributed by atoms with Gasteiger partial charge in [-0.25, -0.2) is 0 Å². The zero-order valence-corrected chi connectivity index (χ0v) is 12.1. The zero-order chi connectivity index (χ0) is 14.1. The molecule has 0 saturated carbocycles. The molecule has 106 valence electrons. The lowest BCUT2D eigenvalue weighted by molar-refractivity contribution is 0.0956. The highest BCUT2D eigenvalue weighted by Crippen LogP contribution is 2.07. The number of rotatable bonds is 9. The molecule has 0 fully saturated rings. The first kappa shape index (κ1) is 15.9. The maximum Gasteiger partial charge on any atom is 0.164 e. The van der Waals surface area contributed by atoms with Crippen molar-refractivity contribution in [2.45, 2.75) is 33.1 Å². The molecule has 1 rings (SSSR count). The van der Waals surface area contributed by atoms with Gasteiger partial charge in [-0.2, -0.15) is 0 Å². The van der Waals surface area contributed by atoms with Crippen LogP contribution in [0, 0.1) is 6.92 Å². The van der Waals surface area contributed by atoms with Crippen LogP contribution in [0.25, 0.3) is 0 Å². The highest BCUT2D eigenvalue weighted by Gasteiger charge is 2.09. The summed E-state index contributed by atoms with van der Waals surface area (Å²) in [4.78, 5) is 14.2. The topological polar surface area (TPSA) is 40.5 Å². The molecular formula is C16H25NO2. The van der Waals surface area contributed by atoms with Crippen LogP contribution in [0.4, 0.5) is 0 Å². The summed E-state index contributed by atoms with van der Waals surface area (Å²) in [6.45, 7) is 6.66. The minimum Gasteiger partial charge on any atom is -0.395 e. The molecule has 0 aliphatic heterocycles. The minimum atomic E-state index is 0.155. The lowest BCUT2D eigenvalue weighted by atomic mass is 10.1. The molecule has 1 aromatic carbocycles. The van der Waals surface area contributed by atoms with Crippen molar-refractivity contribution in [1.29, 1.82) is 0 Å². The van der Waals surface area contributed by atoms with Crippen LogP contribution in [0.3, 0.4) is 0 Å². The fourth-order valence-corrected chi connectivity index (χ4v) is 2.00. The van der Waals surface area contributed by atoms with Crippen LogP contribution in [0.1, 0.15) is 42.1 Å². The van der Waals surface area contributed by atoms with Gasteiger partial charge in [-0.05, 0) is 19.9 Å². The smallest absolute Gasteiger partial charge is 0.164 e. The number of hydrogen-bond acceptors (Lipinski definition) is 3. The molecular weight excluding hydrogens is 238 g/mol. The van der Waals surface area contributed by atoms with E-state index >= 15 is 0 Å². The Morgan fingerprint density at radius 1 is 1.16 bits per heavy atom. The Morgan fingerprint density at radius 2 is 1.84 bits per heavy atom. The second-order valence-corrected chi connectivity index (χ2v) is 4.96.